The number of guanidine groups is 1. The number of carbonyl (C=O) groups is 1. The van der Waals surface area contributed by atoms with Crippen LogP contribution in [0.15, 0.2) is 4.99 Å². The van der Waals surface area contributed by atoms with Gasteiger partial charge in [0.25, 0.3) is 0 Å². The SMILES string of the molecule is CN=C(NCCN1CCS(=O)(=O)CC1)NCC(=O)NC(C)(C)C.I. The fraction of sp³-hybridized carbons (Fsp3) is 0.857. The third-order valence-corrected chi connectivity index (χ3v) is 4.92. The van der Waals surface area contributed by atoms with E-state index in [0.29, 0.717) is 25.6 Å². The zero-order chi connectivity index (χ0) is 17.5. The lowest BCUT2D eigenvalue weighted by molar-refractivity contribution is -0.121. The standard InChI is InChI=1S/C14H29N5O3S.HI/c1-14(2,3)18-12(20)11-17-13(15-4)16-5-6-19-7-9-23(21,22)10-8-19;/h5-11H2,1-4H3,(H,18,20)(H2,15,16,17);1H. The lowest BCUT2D eigenvalue weighted by Gasteiger charge is -2.26. The fourth-order valence-electron chi connectivity index (χ4n) is 2.15. The molecule has 1 saturated heterocycles. The summed E-state index contributed by atoms with van der Waals surface area (Å²) < 4.78 is 22.7. The summed E-state index contributed by atoms with van der Waals surface area (Å²) in [6.07, 6.45) is 0. The largest absolute Gasteiger partial charge is 0.355 e. The van der Waals surface area contributed by atoms with E-state index in [4.69, 9.17) is 0 Å². The van der Waals surface area contributed by atoms with Crippen LogP contribution in [-0.2, 0) is 14.6 Å². The number of hydrogen-bond donors (Lipinski definition) is 3. The number of aliphatic imine (C=N–C) groups is 1. The summed E-state index contributed by atoms with van der Waals surface area (Å²) in [4.78, 5) is 17.9. The van der Waals surface area contributed by atoms with Crippen molar-refractivity contribution in [1.29, 1.82) is 0 Å². The van der Waals surface area contributed by atoms with E-state index in [9.17, 15) is 13.2 Å². The maximum absolute atomic E-state index is 11.7. The van der Waals surface area contributed by atoms with E-state index >= 15 is 0 Å². The molecule has 0 aliphatic carbocycles. The van der Waals surface area contributed by atoms with Crippen LogP contribution in [0.1, 0.15) is 20.8 Å². The Kier molecular flexibility index (Phi) is 10.1. The number of sulfone groups is 1. The van der Waals surface area contributed by atoms with Crippen molar-refractivity contribution in [1.82, 2.24) is 20.9 Å². The molecule has 1 fully saturated rings. The van der Waals surface area contributed by atoms with Crippen molar-refractivity contribution in [2.24, 2.45) is 4.99 Å². The van der Waals surface area contributed by atoms with Gasteiger partial charge in [-0.2, -0.15) is 0 Å². The Labute approximate surface area is 162 Å². The van der Waals surface area contributed by atoms with Gasteiger partial charge in [0.15, 0.2) is 15.8 Å². The molecule has 0 spiro atoms. The Morgan fingerprint density at radius 2 is 1.75 bits per heavy atom. The van der Waals surface area contributed by atoms with Gasteiger partial charge >= 0.3 is 0 Å². The molecule has 1 rings (SSSR count). The van der Waals surface area contributed by atoms with E-state index in [1.165, 1.54) is 0 Å². The van der Waals surface area contributed by atoms with Crippen LogP contribution in [0.4, 0.5) is 0 Å². The quantitative estimate of drug-likeness (QED) is 0.279. The van der Waals surface area contributed by atoms with Crippen molar-refractivity contribution < 1.29 is 13.2 Å². The minimum absolute atomic E-state index is 0. The number of nitrogens with one attached hydrogen (secondary N) is 3. The third kappa shape index (κ3) is 10.3. The van der Waals surface area contributed by atoms with Crippen LogP contribution in [0.2, 0.25) is 0 Å². The molecule has 1 aliphatic heterocycles. The van der Waals surface area contributed by atoms with E-state index in [1.807, 2.05) is 20.8 Å². The first-order chi connectivity index (χ1) is 10.6. The normalized spacial score (nSPS) is 18.4. The van der Waals surface area contributed by atoms with Crippen molar-refractivity contribution >= 4 is 45.7 Å². The van der Waals surface area contributed by atoms with Crippen LogP contribution in [0.3, 0.4) is 0 Å². The zero-order valence-corrected chi connectivity index (χ0v) is 18.0. The summed E-state index contributed by atoms with van der Waals surface area (Å²) in [6, 6.07) is 0. The van der Waals surface area contributed by atoms with Gasteiger partial charge in [-0.3, -0.25) is 14.7 Å². The molecule has 10 heteroatoms. The van der Waals surface area contributed by atoms with Crippen molar-refractivity contribution in [2.45, 2.75) is 26.3 Å². The van der Waals surface area contributed by atoms with Crippen LogP contribution >= 0.6 is 24.0 Å². The Balaban J connectivity index is 0.00000529. The molecule has 0 aromatic carbocycles. The monoisotopic (exact) mass is 475 g/mol. The minimum Gasteiger partial charge on any atom is -0.355 e. The van der Waals surface area contributed by atoms with Crippen LogP contribution in [-0.4, -0.2) is 82.0 Å². The topological polar surface area (TPSA) is 103 Å². The number of amides is 1. The van der Waals surface area contributed by atoms with Gasteiger partial charge in [0.2, 0.25) is 5.91 Å². The number of rotatable bonds is 5. The van der Waals surface area contributed by atoms with E-state index in [1.54, 1.807) is 7.05 Å². The zero-order valence-electron chi connectivity index (χ0n) is 14.9. The first-order valence-corrected chi connectivity index (χ1v) is 9.62. The Hall–Kier alpha value is -0.620. The first kappa shape index (κ1) is 23.4. The average Bonchev–Trinajstić information content (AvgIpc) is 2.42. The molecule has 1 heterocycles. The highest BCUT2D eigenvalue weighted by molar-refractivity contribution is 14.0. The van der Waals surface area contributed by atoms with Gasteiger partial charge in [-0.1, -0.05) is 0 Å². The molecule has 0 radical (unpaired) electrons. The molecule has 0 aromatic heterocycles. The second-order valence-corrected chi connectivity index (χ2v) is 8.95. The van der Waals surface area contributed by atoms with Crippen molar-refractivity contribution in [2.75, 3.05) is 51.3 Å². The molecule has 3 N–H and O–H groups in total. The minimum atomic E-state index is -2.84. The lowest BCUT2D eigenvalue weighted by atomic mass is 10.1. The maximum atomic E-state index is 11.7. The molecule has 0 bridgehead atoms. The third-order valence-electron chi connectivity index (χ3n) is 3.31. The van der Waals surface area contributed by atoms with Crippen LogP contribution in [0, 0.1) is 0 Å². The van der Waals surface area contributed by atoms with Gasteiger partial charge in [0, 0.05) is 38.8 Å². The van der Waals surface area contributed by atoms with Crippen LogP contribution in [0.5, 0.6) is 0 Å². The maximum Gasteiger partial charge on any atom is 0.239 e. The second-order valence-electron chi connectivity index (χ2n) is 6.64. The Bertz CT molecular complexity index is 517. The van der Waals surface area contributed by atoms with Gasteiger partial charge in [-0.15, -0.1) is 24.0 Å². The summed E-state index contributed by atoms with van der Waals surface area (Å²) in [7, 11) is -1.19. The first-order valence-electron chi connectivity index (χ1n) is 7.79. The number of hydrogen-bond acceptors (Lipinski definition) is 5. The fourth-order valence-corrected chi connectivity index (χ4v) is 3.43. The molecule has 0 aromatic rings. The molecule has 1 aliphatic rings. The van der Waals surface area contributed by atoms with Gasteiger partial charge in [-0.05, 0) is 20.8 Å². The molecule has 0 saturated carbocycles. The summed E-state index contributed by atoms with van der Waals surface area (Å²) in [5, 5.41) is 8.94. The van der Waals surface area contributed by atoms with Gasteiger partial charge < -0.3 is 16.0 Å². The highest BCUT2D eigenvalue weighted by Crippen LogP contribution is 2.02. The molecule has 0 unspecified atom stereocenters. The van der Waals surface area contributed by atoms with Gasteiger partial charge in [0.1, 0.15) is 0 Å². The van der Waals surface area contributed by atoms with E-state index in [-0.39, 0.29) is 53.5 Å². The Morgan fingerprint density at radius 1 is 1.17 bits per heavy atom. The van der Waals surface area contributed by atoms with E-state index < -0.39 is 9.84 Å². The summed E-state index contributed by atoms with van der Waals surface area (Å²) >= 11 is 0. The second kappa shape index (κ2) is 10.4. The number of halogens is 1. The molecule has 8 nitrogen and oxygen atoms in total. The molecule has 24 heavy (non-hydrogen) atoms. The predicted molar refractivity (Wildman–Crippen MR) is 108 cm³/mol. The lowest BCUT2D eigenvalue weighted by Crippen LogP contribution is -2.49. The van der Waals surface area contributed by atoms with E-state index in [2.05, 4.69) is 25.8 Å². The number of carbonyl (C=O) groups excluding carboxylic acids is 1. The smallest absolute Gasteiger partial charge is 0.239 e. The molecule has 1 amide bonds. The van der Waals surface area contributed by atoms with Crippen molar-refractivity contribution in [3.8, 4) is 0 Å². The van der Waals surface area contributed by atoms with Crippen molar-refractivity contribution in [3.63, 3.8) is 0 Å². The highest BCUT2D eigenvalue weighted by atomic mass is 127. The van der Waals surface area contributed by atoms with Gasteiger partial charge in [0.05, 0.1) is 18.1 Å². The summed E-state index contributed by atoms with van der Waals surface area (Å²) in [5.74, 6) is 0.917. The molecule has 0 atom stereocenters. The Morgan fingerprint density at radius 3 is 2.25 bits per heavy atom. The summed E-state index contributed by atoms with van der Waals surface area (Å²) in [6.45, 7) is 8.46. The molecular formula is C14H30IN5O3S. The van der Waals surface area contributed by atoms with Crippen LogP contribution < -0.4 is 16.0 Å². The van der Waals surface area contributed by atoms with Crippen molar-refractivity contribution in [3.05, 3.63) is 0 Å². The van der Waals surface area contributed by atoms with Crippen LogP contribution in [0.25, 0.3) is 0 Å². The average molecular weight is 475 g/mol. The molecular weight excluding hydrogens is 445 g/mol. The predicted octanol–water partition coefficient (Wildman–Crippen LogP) is -0.585. The number of nitrogens with zero attached hydrogens (tertiary/aromatic N) is 2. The molecule has 142 valence electrons. The van der Waals surface area contributed by atoms with Gasteiger partial charge in [-0.25, -0.2) is 8.42 Å². The summed E-state index contributed by atoms with van der Waals surface area (Å²) in [5.41, 5.74) is -0.260. The van der Waals surface area contributed by atoms with E-state index in [0.717, 1.165) is 6.54 Å². The highest BCUT2D eigenvalue weighted by Gasteiger charge is 2.21.